The predicted octanol–water partition coefficient (Wildman–Crippen LogP) is 1.10. The Morgan fingerprint density at radius 3 is 2.36 bits per heavy atom. The summed E-state index contributed by atoms with van der Waals surface area (Å²) >= 11 is 0. The summed E-state index contributed by atoms with van der Waals surface area (Å²) in [6.07, 6.45) is 8.24. The first-order valence-corrected chi connectivity index (χ1v) is 6.11. The van der Waals surface area contributed by atoms with Gasteiger partial charge in [0.15, 0.2) is 0 Å². The first-order valence-electron chi connectivity index (χ1n) is 6.11. The van der Waals surface area contributed by atoms with Gasteiger partial charge in [-0.05, 0) is 31.6 Å². The van der Waals surface area contributed by atoms with Crippen LogP contribution in [0.5, 0.6) is 0 Å². The van der Waals surface area contributed by atoms with Crippen molar-refractivity contribution >= 4 is 0 Å². The van der Waals surface area contributed by atoms with Gasteiger partial charge in [0.1, 0.15) is 0 Å². The van der Waals surface area contributed by atoms with Crippen LogP contribution < -0.4 is 11.2 Å². The Kier molecular flexibility index (Phi) is 3.79. The Morgan fingerprint density at radius 2 is 1.86 bits per heavy atom. The highest BCUT2D eigenvalue weighted by atomic mass is 15.5. The van der Waals surface area contributed by atoms with E-state index in [0.717, 1.165) is 12.5 Å². The van der Waals surface area contributed by atoms with Gasteiger partial charge >= 0.3 is 0 Å². The fourth-order valence-electron chi connectivity index (χ4n) is 2.45. The minimum atomic E-state index is 0.543. The standard InChI is InChI=1S/C11H23N3/c12-9-11(10-5-4-6-10)13-14-7-2-1-3-8-14/h10-11,13H,1-9,12H2. The van der Waals surface area contributed by atoms with Crippen LogP contribution in [0.4, 0.5) is 0 Å². The average Bonchev–Trinajstić information content (AvgIpc) is 2.15. The summed E-state index contributed by atoms with van der Waals surface area (Å²) < 4.78 is 0. The molecule has 1 heterocycles. The van der Waals surface area contributed by atoms with Crippen molar-refractivity contribution in [2.45, 2.75) is 44.6 Å². The van der Waals surface area contributed by atoms with Crippen molar-refractivity contribution in [2.24, 2.45) is 11.7 Å². The summed E-state index contributed by atoms with van der Waals surface area (Å²) in [5.41, 5.74) is 9.43. The summed E-state index contributed by atoms with van der Waals surface area (Å²) in [7, 11) is 0. The lowest BCUT2D eigenvalue weighted by atomic mass is 9.80. The zero-order valence-corrected chi connectivity index (χ0v) is 9.04. The van der Waals surface area contributed by atoms with Crippen LogP contribution in [-0.4, -0.2) is 30.7 Å². The Hall–Kier alpha value is -0.120. The molecular weight excluding hydrogens is 174 g/mol. The molecule has 0 radical (unpaired) electrons. The molecule has 0 spiro atoms. The van der Waals surface area contributed by atoms with Crippen LogP contribution in [-0.2, 0) is 0 Å². The molecule has 1 unspecified atom stereocenters. The molecule has 3 N–H and O–H groups in total. The van der Waals surface area contributed by atoms with E-state index >= 15 is 0 Å². The largest absolute Gasteiger partial charge is 0.329 e. The van der Waals surface area contributed by atoms with Crippen molar-refractivity contribution in [2.75, 3.05) is 19.6 Å². The van der Waals surface area contributed by atoms with Gasteiger partial charge in [-0.2, -0.15) is 0 Å². The third-order valence-electron chi connectivity index (χ3n) is 3.68. The normalized spacial score (nSPS) is 27.2. The summed E-state index contributed by atoms with van der Waals surface area (Å²) in [6.45, 7) is 3.22. The molecule has 3 heteroatoms. The van der Waals surface area contributed by atoms with E-state index in [9.17, 15) is 0 Å². The topological polar surface area (TPSA) is 41.3 Å². The Balaban J connectivity index is 1.74. The second kappa shape index (κ2) is 5.10. The SMILES string of the molecule is NCC(NN1CCCCC1)C1CCC1. The molecule has 2 aliphatic rings. The van der Waals surface area contributed by atoms with Crippen molar-refractivity contribution in [1.29, 1.82) is 0 Å². The van der Waals surface area contributed by atoms with E-state index in [-0.39, 0.29) is 0 Å². The summed E-state index contributed by atoms with van der Waals surface area (Å²) in [5.74, 6) is 0.849. The van der Waals surface area contributed by atoms with E-state index in [1.165, 1.54) is 51.6 Å². The Labute approximate surface area is 87.0 Å². The van der Waals surface area contributed by atoms with Crippen LogP contribution in [0, 0.1) is 5.92 Å². The molecule has 1 aliphatic carbocycles. The van der Waals surface area contributed by atoms with Crippen LogP contribution in [0.3, 0.4) is 0 Å². The van der Waals surface area contributed by atoms with Gasteiger partial charge in [0.05, 0.1) is 0 Å². The molecule has 1 saturated heterocycles. The lowest BCUT2D eigenvalue weighted by Crippen LogP contribution is -2.54. The van der Waals surface area contributed by atoms with E-state index in [2.05, 4.69) is 10.4 Å². The smallest absolute Gasteiger partial charge is 0.0366 e. The quantitative estimate of drug-likeness (QED) is 0.709. The lowest BCUT2D eigenvalue weighted by Gasteiger charge is -2.38. The van der Waals surface area contributed by atoms with Crippen LogP contribution in [0.15, 0.2) is 0 Å². The van der Waals surface area contributed by atoms with Crippen LogP contribution in [0.1, 0.15) is 38.5 Å². The number of piperidine rings is 1. The van der Waals surface area contributed by atoms with E-state index < -0.39 is 0 Å². The fraction of sp³-hybridized carbons (Fsp3) is 1.00. The fourth-order valence-corrected chi connectivity index (χ4v) is 2.45. The molecule has 1 atom stereocenters. The molecule has 14 heavy (non-hydrogen) atoms. The number of hydrogen-bond acceptors (Lipinski definition) is 3. The number of nitrogens with two attached hydrogens (primary N) is 1. The zero-order chi connectivity index (χ0) is 9.80. The van der Waals surface area contributed by atoms with E-state index in [1.807, 2.05) is 0 Å². The number of hydrazine groups is 1. The average molecular weight is 197 g/mol. The molecule has 0 aromatic heterocycles. The molecule has 0 amide bonds. The third kappa shape index (κ3) is 2.47. The van der Waals surface area contributed by atoms with Crippen LogP contribution >= 0.6 is 0 Å². The van der Waals surface area contributed by atoms with Gasteiger partial charge in [0.2, 0.25) is 0 Å². The van der Waals surface area contributed by atoms with Crippen LogP contribution in [0.2, 0.25) is 0 Å². The highest BCUT2D eigenvalue weighted by Crippen LogP contribution is 2.29. The Bertz CT molecular complexity index is 162. The number of hydrogen-bond donors (Lipinski definition) is 2. The highest BCUT2D eigenvalue weighted by molar-refractivity contribution is 4.83. The van der Waals surface area contributed by atoms with E-state index in [1.54, 1.807) is 0 Å². The maximum Gasteiger partial charge on any atom is 0.0366 e. The maximum absolute atomic E-state index is 5.81. The summed E-state index contributed by atoms with van der Waals surface area (Å²) in [6, 6.07) is 0.543. The number of rotatable bonds is 4. The number of nitrogens with one attached hydrogen (secondary N) is 1. The van der Waals surface area contributed by atoms with Gasteiger partial charge in [-0.1, -0.05) is 12.8 Å². The Morgan fingerprint density at radius 1 is 1.14 bits per heavy atom. The molecule has 1 aliphatic heterocycles. The number of nitrogens with zero attached hydrogens (tertiary/aromatic N) is 1. The first kappa shape index (κ1) is 10.4. The van der Waals surface area contributed by atoms with Gasteiger partial charge in [-0.15, -0.1) is 0 Å². The van der Waals surface area contributed by atoms with Gasteiger partial charge in [0.25, 0.3) is 0 Å². The second-order valence-corrected chi connectivity index (χ2v) is 4.71. The molecule has 0 aromatic rings. The molecule has 82 valence electrons. The maximum atomic E-state index is 5.81. The lowest BCUT2D eigenvalue weighted by molar-refractivity contribution is 0.0882. The van der Waals surface area contributed by atoms with Crippen molar-refractivity contribution in [3.05, 3.63) is 0 Å². The molecule has 3 nitrogen and oxygen atoms in total. The van der Waals surface area contributed by atoms with Crippen molar-refractivity contribution in [3.8, 4) is 0 Å². The third-order valence-corrected chi connectivity index (χ3v) is 3.68. The molecule has 0 bridgehead atoms. The van der Waals surface area contributed by atoms with Crippen molar-refractivity contribution in [3.63, 3.8) is 0 Å². The molecule has 2 rings (SSSR count). The zero-order valence-electron chi connectivity index (χ0n) is 9.04. The van der Waals surface area contributed by atoms with Crippen LogP contribution in [0.25, 0.3) is 0 Å². The monoisotopic (exact) mass is 197 g/mol. The van der Waals surface area contributed by atoms with Crippen molar-refractivity contribution in [1.82, 2.24) is 10.4 Å². The predicted molar refractivity (Wildman–Crippen MR) is 58.7 cm³/mol. The van der Waals surface area contributed by atoms with Gasteiger partial charge < -0.3 is 5.73 Å². The molecule has 1 saturated carbocycles. The minimum Gasteiger partial charge on any atom is -0.329 e. The van der Waals surface area contributed by atoms with Crippen molar-refractivity contribution < 1.29 is 0 Å². The van der Waals surface area contributed by atoms with E-state index in [0.29, 0.717) is 6.04 Å². The molecular formula is C11H23N3. The minimum absolute atomic E-state index is 0.543. The summed E-state index contributed by atoms with van der Waals surface area (Å²) in [4.78, 5) is 0. The summed E-state index contributed by atoms with van der Waals surface area (Å²) in [5, 5.41) is 2.39. The second-order valence-electron chi connectivity index (χ2n) is 4.71. The molecule has 0 aromatic carbocycles. The molecule has 2 fully saturated rings. The highest BCUT2D eigenvalue weighted by Gasteiger charge is 2.27. The first-order chi connectivity index (χ1) is 6.90. The van der Waals surface area contributed by atoms with Gasteiger partial charge in [-0.25, -0.2) is 5.01 Å². The van der Waals surface area contributed by atoms with E-state index in [4.69, 9.17) is 5.73 Å². The van der Waals surface area contributed by atoms with Gasteiger partial charge in [0, 0.05) is 25.7 Å². The van der Waals surface area contributed by atoms with Gasteiger partial charge in [-0.3, -0.25) is 5.43 Å².